The maximum Gasteiger partial charge on any atom is 0.138 e. The standard InChI is InChI=1S/C18H27NO2/c1-13-7-5-9-18(3,4)17(13)16(20)11-14(2)19-12-15-8-6-10-21-15/h5-8,10,13-14,17,19H,9,11-12H2,1-4H3. The Hall–Kier alpha value is -1.35. The Morgan fingerprint density at radius 3 is 2.90 bits per heavy atom. The SMILES string of the molecule is CC(CC(=O)C1C(C)C=CCC1(C)C)NCc1ccco1. The summed E-state index contributed by atoms with van der Waals surface area (Å²) in [5.74, 6) is 1.73. The highest BCUT2D eigenvalue weighted by atomic mass is 16.3. The van der Waals surface area contributed by atoms with Gasteiger partial charge in [0.25, 0.3) is 0 Å². The van der Waals surface area contributed by atoms with Gasteiger partial charge in [0, 0.05) is 18.4 Å². The monoisotopic (exact) mass is 289 g/mol. The van der Waals surface area contributed by atoms with Crippen molar-refractivity contribution in [1.82, 2.24) is 5.32 Å². The fourth-order valence-corrected chi connectivity index (χ4v) is 3.45. The van der Waals surface area contributed by atoms with Crippen molar-refractivity contribution >= 4 is 5.78 Å². The third-order valence-corrected chi connectivity index (χ3v) is 4.51. The zero-order valence-corrected chi connectivity index (χ0v) is 13.6. The van der Waals surface area contributed by atoms with Crippen LogP contribution in [0.4, 0.5) is 0 Å². The van der Waals surface area contributed by atoms with Crippen molar-refractivity contribution in [2.24, 2.45) is 17.3 Å². The molecule has 1 aromatic rings. The van der Waals surface area contributed by atoms with E-state index in [-0.39, 0.29) is 17.4 Å². The molecule has 3 nitrogen and oxygen atoms in total. The van der Waals surface area contributed by atoms with Crippen LogP contribution in [0, 0.1) is 17.3 Å². The smallest absolute Gasteiger partial charge is 0.138 e. The Balaban J connectivity index is 1.89. The van der Waals surface area contributed by atoms with Gasteiger partial charge in [0.15, 0.2) is 0 Å². The molecule has 3 atom stereocenters. The molecule has 0 fully saturated rings. The zero-order valence-electron chi connectivity index (χ0n) is 13.6. The molecule has 0 saturated carbocycles. The van der Waals surface area contributed by atoms with Crippen molar-refractivity contribution < 1.29 is 9.21 Å². The van der Waals surface area contributed by atoms with Crippen molar-refractivity contribution in [1.29, 1.82) is 0 Å². The first-order valence-electron chi connectivity index (χ1n) is 7.85. The van der Waals surface area contributed by atoms with Gasteiger partial charge in [0.05, 0.1) is 12.8 Å². The largest absolute Gasteiger partial charge is 0.468 e. The van der Waals surface area contributed by atoms with Crippen LogP contribution in [0.5, 0.6) is 0 Å². The van der Waals surface area contributed by atoms with Gasteiger partial charge in [-0.25, -0.2) is 0 Å². The Morgan fingerprint density at radius 2 is 2.29 bits per heavy atom. The van der Waals surface area contributed by atoms with Gasteiger partial charge < -0.3 is 9.73 Å². The van der Waals surface area contributed by atoms with Crippen LogP contribution in [0.2, 0.25) is 0 Å². The molecule has 1 heterocycles. The van der Waals surface area contributed by atoms with E-state index < -0.39 is 0 Å². The predicted octanol–water partition coefficient (Wildman–Crippen LogP) is 3.96. The molecule has 0 aromatic carbocycles. The summed E-state index contributed by atoms with van der Waals surface area (Å²) < 4.78 is 5.30. The van der Waals surface area contributed by atoms with Gasteiger partial charge in [0.2, 0.25) is 0 Å². The van der Waals surface area contributed by atoms with Crippen LogP contribution in [-0.4, -0.2) is 11.8 Å². The van der Waals surface area contributed by atoms with E-state index in [2.05, 4.69) is 45.2 Å². The first-order valence-corrected chi connectivity index (χ1v) is 7.85. The number of furan rings is 1. The van der Waals surface area contributed by atoms with Gasteiger partial charge in [-0.2, -0.15) is 0 Å². The molecule has 0 radical (unpaired) electrons. The van der Waals surface area contributed by atoms with E-state index in [0.29, 0.717) is 24.7 Å². The number of carbonyl (C=O) groups is 1. The van der Waals surface area contributed by atoms with Gasteiger partial charge in [-0.05, 0) is 36.8 Å². The summed E-state index contributed by atoms with van der Waals surface area (Å²) in [4.78, 5) is 12.7. The van der Waals surface area contributed by atoms with Gasteiger partial charge in [0.1, 0.15) is 11.5 Å². The van der Waals surface area contributed by atoms with Gasteiger partial charge in [-0.3, -0.25) is 4.79 Å². The van der Waals surface area contributed by atoms with Gasteiger partial charge in [-0.1, -0.05) is 32.9 Å². The molecule has 1 aliphatic rings. The number of hydrogen-bond acceptors (Lipinski definition) is 3. The third kappa shape index (κ3) is 4.07. The number of hydrogen-bond donors (Lipinski definition) is 1. The van der Waals surface area contributed by atoms with Crippen LogP contribution in [0.15, 0.2) is 35.0 Å². The molecule has 0 amide bonds. The lowest BCUT2D eigenvalue weighted by Crippen LogP contribution is -2.40. The minimum atomic E-state index is 0.0615. The molecule has 0 bridgehead atoms. The molecule has 0 spiro atoms. The molecule has 116 valence electrons. The molecule has 1 aliphatic carbocycles. The number of carbonyl (C=O) groups excluding carboxylic acids is 1. The Labute approximate surface area is 127 Å². The summed E-state index contributed by atoms with van der Waals surface area (Å²) in [7, 11) is 0. The van der Waals surface area contributed by atoms with E-state index in [4.69, 9.17) is 4.42 Å². The molecular weight excluding hydrogens is 262 g/mol. The highest BCUT2D eigenvalue weighted by Gasteiger charge is 2.39. The first-order chi connectivity index (χ1) is 9.90. The van der Waals surface area contributed by atoms with Gasteiger partial charge in [-0.15, -0.1) is 0 Å². The van der Waals surface area contributed by atoms with E-state index in [1.807, 2.05) is 12.1 Å². The minimum absolute atomic E-state index is 0.0615. The number of ketones is 1. The predicted molar refractivity (Wildman–Crippen MR) is 84.8 cm³/mol. The fourth-order valence-electron chi connectivity index (χ4n) is 3.45. The molecule has 1 aromatic heterocycles. The van der Waals surface area contributed by atoms with Crippen molar-refractivity contribution in [3.63, 3.8) is 0 Å². The van der Waals surface area contributed by atoms with Crippen LogP contribution < -0.4 is 5.32 Å². The summed E-state index contributed by atoms with van der Waals surface area (Å²) in [5, 5.41) is 3.36. The molecule has 0 saturated heterocycles. The lowest BCUT2D eigenvalue weighted by Gasteiger charge is -2.39. The summed E-state index contributed by atoms with van der Waals surface area (Å²) in [6.07, 6.45) is 7.64. The van der Waals surface area contributed by atoms with Crippen molar-refractivity contribution in [2.75, 3.05) is 0 Å². The lowest BCUT2D eigenvalue weighted by molar-refractivity contribution is -0.128. The van der Waals surface area contributed by atoms with Crippen molar-refractivity contribution in [3.8, 4) is 0 Å². The van der Waals surface area contributed by atoms with E-state index >= 15 is 0 Å². The molecule has 3 unspecified atom stereocenters. The molecule has 1 N–H and O–H groups in total. The lowest BCUT2D eigenvalue weighted by atomic mass is 9.65. The average Bonchev–Trinajstić information content (AvgIpc) is 2.88. The second-order valence-electron chi connectivity index (χ2n) is 6.99. The topological polar surface area (TPSA) is 42.2 Å². The Bertz CT molecular complexity index is 487. The molecule has 3 heteroatoms. The van der Waals surface area contributed by atoms with Gasteiger partial charge >= 0.3 is 0 Å². The molecule has 2 rings (SSSR count). The van der Waals surface area contributed by atoms with E-state index in [9.17, 15) is 4.79 Å². The number of rotatable bonds is 6. The fraction of sp³-hybridized carbons (Fsp3) is 0.611. The van der Waals surface area contributed by atoms with Crippen LogP contribution in [-0.2, 0) is 11.3 Å². The Morgan fingerprint density at radius 1 is 1.52 bits per heavy atom. The number of nitrogens with one attached hydrogen (secondary N) is 1. The maximum atomic E-state index is 12.7. The third-order valence-electron chi connectivity index (χ3n) is 4.51. The Kier molecular flexibility index (Phi) is 5.04. The van der Waals surface area contributed by atoms with Crippen LogP contribution in [0.25, 0.3) is 0 Å². The summed E-state index contributed by atoms with van der Waals surface area (Å²) in [6, 6.07) is 3.99. The summed E-state index contributed by atoms with van der Waals surface area (Å²) in [6.45, 7) is 9.30. The second kappa shape index (κ2) is 6.61. The summed E-state index contributed by atoms with van der Waals surface area (Å²) >= 11 is 0. The quantitative estimate of drug-likeness (QED) is 0.806. The van der Waals surface area contributed by atoms with E-state index in [0.717, 1.165) is 12.2 Å². The molecule has 21 heavy (non-hydrogen) atoms. The number of Topliss-reactive ketones (excluding diaryl/α,β-unsaturated/α-hetero) is 1. The number of allylic oxidation sites excluding steroid dienone is 2. The molecular formula is C18H27NO2. The highest BCUT2D eigenvalue weighted by Crippen LogP contribution is 2.41. The van der Waals surface area contributed by atoms with Crippen LogP contribution in [0.1, 0.15) is 46.3 Å². The van der Waals surface area contributed by atoms with E-state index in [1.165, 1.54) is 0 Å². The van der Waals surface area contributed by atoms with E-state index in [1.54, 1.807) is 6.26 Å². The maximum absolute atomic E-state index is 12.7. The first kappa shape index (κ1) is 16.0. The van der Waals surface area contributed by atoms with Crippen molar-refractivity contribution in [2.45, 2.75) is 53.1 Å². The minimum Gasteiger partial charge on any atom is -0.468 e. The van der Waals surface area contributed by atoms with Crippen LogP contribution >= 0.6 is 0 Å². The van der Waals surface area contributed by atoms with Crippen molar-refractivity contribution in [3.05, 3.63) is 36.3 Å². The zero-order chi connectivity index (χ0) is 15.5. The van der Waals surface area contributed by atoms with Crippen LogP contribution in [0.3, 0.4) is 0 Å². The second-order valence-corrected chi connectivity index (χ2v) is 6.99. The summed E-state index contributed by atoms with van der Waals surface area (Å²) in [5.41, 5.74) is 0.0615. The highest BCUT2D eigenvalue weighted by molar-refractivity contribution is 5.83. The average molecular weight is 289 g/mol. The normalized spacial score (nSPS) is 25.7. The molecule has 0 aliphatic heterocycles.